The molecule has 0 aliphatic rings. The molecule has 0 aliphatic heterocycles. The van der Waals surface area contributed by atoms with Gasteiger partial charge in [0, 0.05) is 32.3 Å². The SMILES string of the molecule is O=S(=O)(O)c1c2ccccc2c(OS(=O)(=O)c2cc(I)cc(I)c2I)c2ccccc12. The lowest BCUT2D eigenvalue weighted by Crippen LogP contribution is -2.13. The van der Waals surface area contributed by atoms with Crippen molar-refractivity contribution in [1.29, 1.82) is 0 Å². The van der Waals surface area contributed by atoms with Crippen LogP contribution in [0.1, 0.15) is 0 Å². The summed E-state index contributed by atoms with van der Waals surface area (Å²) in [4.78, 5) is -0.266. The second kappa shape index (κ2) is 8.55. The van der Waals surface area contributed by atoms with E-state index < -0.39 is 20.2 Å². The van der Waals surface area contributed by atoms with Crippen molar-refractivity contribution >= 4 is 110 Å². The van der Waals surface area contributed by atoms with Crippen molar-refractivity contribution in [2.24, 2.45) is 0 Å². The summed E-state index contributed by atoms with van der Waals surface area (Å²) in [7, 11) is -8.84. The van der Waals surface area contributed by atoms with Gasteiger partial charge in [0.05, 0.1) is 0 Å². The molecule has 0 fully saturated rings. The summed E-state index contributed by atoms with van der Waals surface area (Å²) in [5, 5.41) is 0.849. The minimum atomic E-state index is -4.59. The molecule has 0 saturated carbocycles. The van der Waals surface area contributed by atoms with Crippen LogP contribution in [0, 0.1) is 10.7 Å². The summed E-state index contributed by atoms with van der Waals surface area (Å²) in [5.74, 6) is 0.00303. The first kappa shape index (κ1) is 23.4. The van der Waals surface area contributed by atoms with Crippen molar-refractivity contribution in [2.45, 2.75) is 9.79 Å². The van der Waals surface area contributed by atoms with E-state index in [0.717, 1.165) is 7.14 Å². The topological polar surface area (TPSA) is 97.7 Å². The number of hydrogen-bond donors (Lipinski definition) is 1. The van der Waals surface area contributed by atoms with Crippen LogP contribution >= 0.6 is 67.8 Å². The highest BCUT2D eigenvalue weighted by atomic mass is 127. The highest BCUT2D eigenvalue weighted by molar-refractivity contribution is 14.1. The van der Waals surface area contributed by atoms with Gasteiger partial charge in [-0.1, -0.05) is 48.5 Å². The fraction of sp³-hybridized carbons (Fsp3) is 0. The first-order valence-electron chi connectivity index (χ1n) is 8.50. The van der Waals surface area contributed by atoms with Gasteiger partial charge in [0.15, 0.2) is 5.75 Å². The molecule has 4 aromatic rings. The second-order valence-corrected chi connectivity index (χ2v) is 12.8. The van der Waals surface area contributed by atoms with Crippen LogP contribution in [-0.2, 0) is 20.2 Å². The van der Waals surface area contributed by atoms with Crippen molar-refractivity contribution in [3.63, 3.8) is 0 Å². The third kappa shape index (κ3) is 4.40. The Labute approximate surface area is 219 Å². The summed E-state index contributed by atoms with van der Waals surface area (Å²) in [5.41, 5.74) is 0. The van der Waals surface area contributed by atoms with Crippen LogP contribution in [-0.4, -0.2) is 21.4 Å². The van der Waals surface area contributed by atoms with E-state index in [1.807, 2.05) is 51.2 Å². The Bertz CT molecular complexity index is 1530. The largest absolute Gasteiger partial charge is 0.378 e. The Morgan fingerprint density at radius 2 is 1.23 bits per heavy atom. The van der Waals surface area contributed by atoms with E-state index >= 15 is 0 Å². The summed E-state index contributed by atoms with van der Waals surface area (Å²) in [6.45, 7) is 0. The minimum absolute atomic E-state index is 0.00303. The standard InChI is InChI=1S/C20H11I3O6S2/c21-11-9-16(22)18(23)17(10-11)31(27,28)29-19-12-5-1-3-7-14(12)20(30(24,25)26)15-8-4-2-6-13(15)19/h1-10H,(H,24,25,26). The minimum Gasteiger partial charge on any atom is -0.378 e. The molecule has 0 atom stereocenters. The van der Waals surface area contributed by atoms with Crippen LogP contribution in [0.4, 0.5) is 0 Å². The smallest absolute Gasteiger partial charge is 0.340 e. The molecule has 4 rings (SSSR count). The molecule has 31 heavy (non-hydrogen) atoms. The van der Waals surface area contributed by atoms with Crippen molar-refractivity contribution in [1.82, 2.24) is 0 Å². The number of rotatable bonds is 4. The van der Waals surface area contributed by atoms with Gasteiger partial charge in [0.1, 0.15) is 9.79 Å². The molecule has 0 aromatic heterocycles. The average molecular weight is 792 g/mol. The van der Waals surface area contributed by atoms with Crippen LogP contribution in [0.5, 0.6) is 5.75 Å². The quantitative estimate of drug-likeness (QED) is 0.0921. The summed E-state index contributed by atoms with van der Waals surface area (Å²) >= 11 is 6.06. The monoisotopic (exact) mass is 792 g/mol. The molecule has 0 aliphatic carbocycles. The van der Waals surface area contributed by atoms with E-state index in [1.165, 1.54) is 18.2 Å². The molecule has 0 spiro atoms. The van der Waals surface area contributed by atoms with Crippen LogP contribution in [0.25, 0.3) is 21.5 Å². The Morgan fingerprint density at radius 1 is 0.742 bits per heavy atom. The first-order chi connectivity index (χ1) is 14.5. The second-order valence-electron chi connectivity index (χ2n) is 6.46. The normalized spacial score (nSPS) is 12.4. The van der Waals surface area contributed by atoms with Gasteiger partial charge in [-0.15, -0.1) is 0 Å². The lowest BCUT2D eigenvalue weighted by Gasteiger charge is -2.16. The van der Waals surface area contributed by atoms with E-state index in [0.29, 0.717) is 3.57 Å². The molecule has 0 saturated heterocycles. The van der Waals surface area contributed by atoms with E-state index in [-0.39, 0.29) is 37.1 Å². The van der Waals surface area contributed by atoms with Crippen LogP contribution in [0.15, 0.2) is 70.5 Å². The van der Waals surface area contributed by atoms with Crippen molar-refractivity contribution in [3.05, 3.63) is 71.4 Å². The Hall–Kier alpha value is -0.750. The molecule has 4 aromatic carbocycles. The fourth-order valence-electron chi connectivity index (χ4n) is 3.28. The Balaban J connectivity index is 2.08. The van der Waals surface area contributed by atoms with Crippen LogP contribution in [0.3, 0.4) is 0 Å². The van der Waals surface area contributed by atoms with Crippen LogP contribution < -0.4 is 4.18 Å². The zero-order chi connectivity index (χ0) is 22.6. The molecule has 0 heterocycles. The van der Waals surface area contributed by atoms with E-state index in [4.69, 9.17) is 4.18 Å². The molecule has 0 radical (unpaired) electrons. The van der Waals surface area contributed by atoms with Crippen molar-refractivity contribution in [2.75, 3.05) is 0 Å². The molecule has 0 unspecified atom stereocenters. The zero-order valence-electron chi connectivity index (χ0n) is 15.2. The van der Waals surface area contributed by atoms with Crippen LogP contribution in [0.2, 0.25) is 0 Å². The van der Waals surface area contributed by atoms with Gasteiger partial charge >= 0.3 is 10.1 Å². The average Bonchev–Trinajstić information content (AvgIpc) is 2.69. The van der Waals surface area contributed by atoms with Gasteiger partial charge in [-0.05, 0) is 79.9 Å². The molecule has 0 bridgehead atoms. The predicted octanol–water partition coefficient (Wildman–Crippen LogP) is 5.82. The van der Waals surface area contributed by atoms with Crippen molar-refractivity contribution in [3.8, 4) is 5.75 Å². The number of halogens is 3. The summed E-state index contributed by atoms with van der Waals surface area (Å²) in [6, 6.07) is 16.0. The van der Waals surface area contributed by atoms with E-state index in [9.17, 15) is 21.4 Å². The highest BCUT2D eigenvalue weighted by Crippen LogP contribution is 2.42. The maximum absolute atomic E-state index is 13.3. The van der Waals surface area contributed by atoms with Gasteiger partial charge in [0.25, 0.3) is 10.1 Å². The molecule has 11 heteroatoms. The van der Waals surface area contributed by atoms with Gasteiger partial charge in [-0.2, -0.15) is 16.8 Å². The maximum atomic E-state index is 13.3. The number of benzene rings is 4. The molecular formula is C20H11I3O6S2. The van der Waals surface area contributed by atoms with Gasteiger partial charge < -0.3 is 4.18 Å². The predicted molar refractivity (Wildman–Crippen MR) is 144 cm³/mol. The summed E-state index contributed by atoms with van der Waals surface area (Å²) in [6.07, 6.45) is 0. The van der Waals surface area contributed by atoms with Gasteiger partial charge in [-0.3, -0.25) is 4.55 Å². The zero-order valence-corrected chi connectivity index (χ0v) is 23.3. The molecule has 0 amide bonds. The number of fused-ring (bicyclic) bond motifs is 2. The number of hydrogen-bond acceptors (Lipinski definition) is 5. The van der Waals surface area contributed by atoms with Gasteiger partial charge in [-0.25, -0.2) is 0 Å². The van der Waals surface area contributed by atoms with E-state index in [1.54, 1.807) is 36.4 Å². The summed E-state index contributed by atoms with van der Waals surface area (Å²) < 4.78 is 68.6. The third-order valence-corrected chi connectivity index (χ3v) is 10.7. The fourth-order valence-corrected chi connectivity index (χ4v) is 8.65. The maximum Gasteiger partial charge on any atom is 0.340 e. The van der Waals surface area contributed by atoms with E-state index in [2.05, 4.69) is 22.6 Å². The van der Waals surface area contributed by atoms with Gasteiger partial charge in [0.2, 0.25) is 0 Å². The Morgan fingerprint density at radius 3 is 1.71 bits per heavy atom. The lowest BCUT2D eigenvalue weighted by molar-refractivity contribution is 0.485. The van der Waals surface area contributed by atoms with Crippen molar-refractivity contribution < 1.29 is 25.6 Å². The first-order valence-corrected chi connectivity index (χ1v) is 14.6. The molecule has 6 nitrogen and oxygen atoms in total. The third-order valence-electron chi connectivity index (χ3n) is 4.51. The Kier molecular flexibility index (Phi) is 6.46. The molecule has 1 N–H and O–H groups in total. The molecule has 160 valence electrons. The molecular weight excluding hydrogens is 781 g/mol. The highest BCUT2D eigenvalue weighted by Gasteiger charge is 2.27. The lowest BCUT2D eigenvalue weighted by atomic mass is 10.0.